The molecule has 3 aromatic carbocycles. The van der Waals surface area contributed by atoms with E-state index in [1.165, 1.54) is 5.56 Å². The SMILES string of the molecule is Cc1ccc(/C=C/C(C(O)c2ccccc2)n2nnc3ccccc32)cc1. The average Bonchev–Trinajstić information content (AvgIpc) is 3.14. The molecular weight excluding hydrogens is 334 g/mol. The first-order valence-electron chi connectivity index (χ1n) is 9.00. The molecule has 4 heteroatoms. The maximum absolute atomic E-state index is 11.1. The van der Waals surface area contributed by atoms with Crippen molar-refractivity contribution in [2.24, 2.45) is 0 Å². The van der Waals surface area contributed by atoms with Gasteiger partial charge < -0.3 is 5.11 Å². The van der Waals surface area contributed by atoms with Crippen LogP contribution in [0.2, 0.25) is 0 Å². The zero-order valence-corrected chi connectivity index (χ0v) is 15.1. The molecule has 0 aliphatic rings. The molecular formula is C23H21N3O. The van der Waals surface area contributed by atoms with Crippen LogP contribution in [-0.4, -0.2) is 20.1 Å². The van der Waals surface area contributed by atoms with E-state index in [9.17, 15) is 5.11 Å². The fourth-order valence-corrected chi connectivity index (χ4v) is 3.16. The van der Waals surface area contributed by atoms with Gasteiger partial charge in [-0.1, -0.05) is 89.7 Å². The number of hydrogen-bond acceptors (Lipinski definition) is 3. The molecule has 1 aromatic heterocycles. The van der Waals surface area contributed by atoms with Crippen LogP contribution in [0.5, 0.6) is 0 Å². The van der Waals surface area contributed by atoms with E-state index in [0.717, 1.165) is 22.2 Å². The molecule has 0 bridgehead atoms. The molecule has 1 N–H and O–H groups in total. The van der Waals surface area contributed by atoms with Crippen molar-refractivity contribution in [2.45, 2.75) is 19.1 Å². The molecule has 0 amide bonds. The zero-order chi connectivity index (χ0) is 18.6. The Labute approximate surface area is 158 Å². The van der Waals surface area contributed by atoms with Crippen molar-refractivity contribution in [3.05, 3.63) is 102 Å². The summed E-state index contributed by atoms with van der Waals surface area (Å²) in [6, 6.07) is 25.4. The molecule has 4 nitrogen and oxygen atoms in total. The molecule has 0 aliphatic carbocycles. The Morgan fingerprint density at radius 3 is 2.37 bits per heavy atom. The van der Waals surface area contributed by atoms with Crippen molar-refractivity contribution in [3.8, 4) is 0 Å². The molecule has 0 spiro atoms. The molecule has 0 aliphatic heterocycles. The normalized spacial score (nSPS) is 13.9. The van der Waals surface area contributed by atoms with Crippen molar-refractivity contribution in [2.75, 3.05) is 0 Å². The van der Waals surface area contributed by atoms with E-state index in [0.29, 0.717) is 0 Å². The lowest BCUT2D eigenvalue weighted by Gasteiger charge is -2.21. The van der Waals surface area contributed by atoms with Gasteiger partial charge in [-0.25, -0.2) is 4.68 Å². The topological polar surface area (TPSA) is 50.9 Å². The highest BCUT2D eigenvalue weighted by atomic mass is 16.3. The number of para-hydroxylation sites is 1. The van der Waals surface area contributed by atoms with E-state index < -0.39 is 6.10 Å². The maximum atomic E-state index is 11.1. The van der Waals surface area contributed by atoms with E-state index in [4.69, 9.17) is 0 Å². The standard InChI is InChI=1S/C23H21N3O/c1-17-11-13-18(14-12-17)15-16-22(23(27)19-7-3-2-4-8-19)26-21-10-6-5-9-20(21)24-25-26/h2-16,22-23,27H,1H3/b16-15+. The molecule has 4 aromatic rings. The Hall–Kier alpha value is -3.24. The first-order valence-corrected chi connectivity index (χ1v) is 9.00. The number of rotatable bonds is 5. The van der Waals surface area contributed by atoms with Crippen molar-refractivity contribution in [1.29, 1.82) is 0 Å². The van der Waals surface area contributed by atoms with Gasteiger partial charge in [0.1, 0.15) is 17.7 Å². The number of fused-ring (bicyclic) bond motifs is 1. The number of hydrogen-bond donors (Lipinski definition) is 1. The predicted octanol–water partition coefficient (Wildman–Crippen LogP) is 4.73. The summed E-state index contributed by atoms with van der Waals surface area (Å²) in [4.78, 5) is 0. The van der Waals surface area contributed by atoms with Crippen LogP contribution < -0.4 is 0 Å². The summed E-state index contributed by atoms with van der Waals surface area (Å²) >= 11 is 0. The van der Waals surface area contributed by atoms with Gasteiger partial charge >= 0.3 is 0 Å². The number of nitrogens with zero attached hydrogens (tertiary/aromatic N) is 3. The second-order valence-electron chi connectivity index (χ2n) is 6.64. The van der Waals surface area contributed by atoms with E-state index in [1.54, 1.807) is 4.68 Å². The van der Waals surface area contributed by atoms with E-state index in [-0.39, 0.29) is 6.04 Å². The molecule has 134 valence electrons. The number of aliphatic hydroxyl groups excluding tert-OH is 1. The lowest BCUT2D eigenvalue weighted by molar-refractivity contribution is 0.130. The molecule has 1 heterocycles. The highest BCUT2D eigenvalue weighted by Crippen LogP contribution is 2.30. The minimum Gasteiger partial charge on any atom is -0.386 e. The molecule has 2 atom stereocenters. The van der Waals surface area contributed by atoms with Gasteiger partial charge in [-0.05, 0) is 30.2 Å². The van der Waals surface area contributed by atoms with Crippen molar-refractivity contribution in [3.63, 3.8) is 0 Å². The van der Waals surface area contributed by atoms with Gasteiger partial charge in [-0.15, -0.1) is 5.10 Å². The van der Waals surface area contributed by atoms with Crippen LogP contribution in [0.1, 0.15) is 28.8 Å². The summed E-state index contributed by atoms with van der Waals surface area (Å²) in [5, 5.41) is 19.7. The molecule has 0 radical (unpaired) electrons. The third-order valence-corrected chi connectivity index (χ3v) is 4.69. The molecule has 0 saturated heterocycles. The van der Waals surface area contributed by atoms with Gasteiger partial charge in [0.25, 0.3) is 0 Å². The molecule has 2 unspecified atom stereocenters. The number of aliphatic hydroxyl groups is 1. The first-order chi connectivity index (χ1) is 13.2. The van der Waals surface area contributed by atoms with Crippen molar-refractivity contribution in [1.82, 2.24) is 15.0 Å². The number of benzene rings is 3. The number of aryl methyl sites for hydroxylation is 1. The van der Waals surface area contributed by atoms with Gasteiger partial charge in [0.2, 0.25) is 0 Å². The fraction of sp³-hybridized carbons (Fsp3) is 0.130. The molecule has 0 saturated carbocycles. The summed E-state index contributed by atoms with van der Waals surface area (Å²) in [6.07, 6.45) is 3.27. The minimum atomic E-state index is -0.738. The van der Waals surface area contributed by atoms with Gasteiger partial charge in [0, 0.05) is 0 Å². The van der Waals surface area contributed by atoms with Crippen LogP contribution in [0.4, 0.5) is 0 Å². The minimum absolute atomic E-state index is 0.374. The van der Waals surface area contributed by atoms with Crippen LogP contribution in [0.25, 0.3) is 17.1 Å². The Morgan fingerprint density at radius 2 is 1.59 bits per heavy atom. The highest BCUT2D eigenvalue weighted by molar-refractivity contribution is 5.74. The van der Waals surface area contributed by atoms with Gasteiger partial charge in [-0.2, -0.15) is 0 Å². The Kier molecular flexibility index (Phi) is 4.81. The number of aromatic nitrogens is 3. The van der Waals surface area contributed by atoms with E-state index in [2.05, 4.69) is 41.5 Å². The Bertz CT molecular complexity index is 1050. The third kappa shape index (κ3) is 3.66. The second-order valence-corrected chi connectivity index (χ2v) is 6.64. The lowest BCUT2D eigenvalue weighted by Crippen LogP contribution is -2.17. The summed E-state index contributed by atoms with van der Waals surface area (Å²) in [7, 11) is 0. The average molecular weight is 355 g/mol. The van der Waals surface area contributed by atoms with Crippen molar-refractivity contribution < 1.29 is 5.11 Å². The summed E-state index contributed by atoms with van der Waals surface area (Å²) in [6.45, 7) is 2.07. The van der Waals surface area contributed by atoms with Gasteiger partial charge in [0.05, 0.1) is 5.52 Å². The predicted molar refractivity (Wildman–Crippen MR) is 108 cm³/mol. The summed E-state index contributed by atoms with van der Waals surface area (Å²) in [5.41, 5.74) is 4.85. The molecule has 27 heavy (non-hydrogen) atoms. The zero-order valence-electron chi connectivity index (χ0n) is 15.1. The van der Waals surface area contributed by atoms with Crippen molar-refractivity contribution >= 4 is 17.1 Å². The monoisotopic (exact) mass is 355 g/mol. The summed E-state index contributed by atoms with van der Waals surface area (Å²) in [5.74, 6) is 0. The highest BCUT2D eigenvalue weighted by Gasteiger charge is 2.23. The molecule has 4 rings (SSSR count). The largest absolute Gasteiger partial charge is 0.386 e. The van der Waals surface area contributed by atoms with Crippen LogP contribution in [0.3, 0.4) is 0 Å². The van der Waals surface area contributed by atoms with Gasteiger partial charge in [0.15, 0.2) is 0 Å². The van der Waals surface area contributed by atoms with E-state index >= 15 is 0 Å². The van der Waals surface area contributed by atoms with Crippen LogP contribution >= 0.6 is 0 Å². The van der Waals surface area contributed by atoms with Crippen LogP contribution in [0.15, 0.2) is 84.9 Å². The second kappa shape index (κ2) is 7.56. The smallest absolute Gasteiger partial charge is 0.113 e. The Balaban J connectivity index is 1.76. The Morgan fingerprint density at radius 1 is 0.889 bits per heavy atom. The molecule has 0 fully saturated rings. The van der Waals surface area contributed by atoms with Crippen LogP contribution in [-0.2, 0) is 0 Å². The quantitative estimate of drug-likeness (QED) is 0.563. The summed E-state index contributed by atoms with van der Waals surface area (Å²) < 4.78 is 1.79. The first kappa shape index (κ1) is 17.2. The third-order valence-electron chi connectivity index (χ3n) is 4.69. The van der Waals surface area contributed by atoms with E-state index in [1.807, 2.05) is 66.7 Å². The van der Waals surface area contributed by atoms with Gasteiger partial charge in [-0.3, -0.25) is 0 Å². The lowest BCUT2D eigenvalue weighted by atomic mass is 10.0. The maximum Gasteiger partial charge on any atom is 0.113 e. The van der Waals surface area contributed by atoms with Crippen LogP contribution in [0, 0.1) is 6.92 Å². The fourth-order valence-electron chi connectivity index (χ4n) is 3.16.